The van der Waals surface area contributed by atoms with Gasteiger partial charge in [0.2, 0.25) is 0 Å². The van der Waals surface area contributed by atoms with E-state index in [9.17, 15) is 9.90 Å². The van der Waals surface area contributed by atoms with Crippen LogP contribution in [-0.4, -0.2) is 33.6 Å². The predicted molar refractivity (Wildman–Crippen MR) is 84.5 cm³/mol. The molecule has 0 bridgehead atoms. The lowest BCUT2D eigenvalue weighted by atomic mass is 9.87. The number of hydrogen-bond acceptors (Lipinski definition) is 3. The number of aryl methyl sites for hydroxylation is 2. The van der Waals surface area contributed by atoms with Crippen molar-refractivity contribution in [3.8, 4) is 0 Å². The van der Waals surface area contributed by atoms with Gasteiger partial charge in [0.05, 0.1) is 23.2 Å². The van der Waals surface area contributed by atoms with Crippen molar-refractivity contribution in [1.29, 1.82) is 0 Å². The van der Waals surface area contributed by atoms with Crippen molar-refractivity contribution in [3.05, 3.63) is 11.4 Å². The molecule has 3 N–H and O–H groups in total. The molecule has 6 heteroatoms. The number of nitrogens with zero attached hydrogens (tertiary/aromatic N) is 2. The fourth-order valence-corrected chi connectivity index (χ4v) is 2.53. The second kappa shape index (κ2) is 6.93. The highest BCUT2D eigenvalue weighted by Gasteiger charge is 2.21. The van der Waals surface area contributed by atoms with Crippen molar-refractivity contribution in [1.82, 2.24) is 15.1 Å². The molecule has 6 nitrogen and oxygen atoms in total. The van der Waals surface area contributed by atoms with E-state index in [0.717, 1.165) is 23.6 Å². The Morgan fingerprint density at radius 2 is 2.05 bits per heavy atom. The highest BCUT2D eigenvalue weighted by Crippen LogP contribution is 2.22. The number of amides is 2. The molecular weight excluding hydrogens is 268 g/mol. The lowest BCUT2D eigenvalue weighted by Crippen LogP contribution is -2.38. The van der Waals surface area contributed by atoms with Crippen molar-refractivity contribution in [3.63, 3.8) is 0 Å². The van der Waals surface area contributed by atoms with Gasteiger partial charge in [-0.3, -0.25) is 4.68 Å². The van der Waals surface area contributed by atoms with Gasteiger partial charge in [-0.25, -0.2) is 4.79 Å². The van der Waals surface area contributed by atoms with Crippen molar-refractivity contribution < 1.29 is 9.90 Å². The first-order valence-electron chi connectivity index (χ1n) is 7.43. The maximum atomic E-state index is 12.0. The van der Waals surface area contributed by atoms with E-state index in [-0.39, 0.29) is 17.6 Å². The number of carbonyl (C=O) groups is 1. The molecule has 0 aromatic carbocycles. The summed E-state index contributed by atoms with van der Waals surface area (Å²) in [6, 6.07) is -0.240. The molecule has 1 heterocycles. The molecule has 21 heavy (non-hydrogen) atoms. The average Bonchev–Trinajstić information content (AvgIpc) is 2.62. The first-order chi connectivity index (χ1) is 9.66. The molecule has 0 saturated heterocycles. The number of aromatic nitrogens is 2. The SMILES string of the molecule is CCn1nc(C)c(NC(=O)NCC(C)(C)CC(C)O)c1C. The Balaban J connectivity index is 2.61. The summed E-state index contributed by atoms with van der Waals surface area (Å²) in [5.41, 5.74) is 2.38. The van der Waals surface area contributed by atoms with Crippen LogP contribution < -0.4 is 10.6 Å². The van der Waals surface area contributed by atoms with E-state index in [4.69, 9.17) is 0 Å². The van der Waals surface area contributed by atoms with Crippen LogP contribution in [0, 0.1) is 19.3 Å². The Bertz CT molecular complexity index is 492. The second-order valence-corrected chi connectivity index (χ2v) is 6.39. The highest BCUT2D eigenvalue weighted by atomic mass is 16.3. The van der Waals surface area contributed by atoms with Gasteiger partial charge in [-0.1, -0.05) is 13.8 Å². The van der Waals surface area contributed by atoms with Gasteiger partial charge in [0.1, 0.15) is 0 Å². The van der Waals surface area contributed by atoms with Gasteiger partial charge < -0.3 is 15.7 Å². The van der Waals surface area contributed by atoms with Crippen LogP contribution >= 0.6 is 0 Å². The Kier molecular flexibility index (Phi) is 5.78. The Hall–Kier alpha value is -1.56. The van der Waals surface area contributed by atoms with Gasteiger partial charge in [-0.15, -0.1) is 0 Å². The van der Waals surface area contributed by atoms with E-state index in [2.05, 4.69) is 15.7 Å². The Morgan fingerprint density at radius 3 is 2.52 bits per heavy atom. The molecule has 120 valence electrons. The van der Waals surface area contributed by atoms with Gasteiger partial charge in [0, 0.05) is 13.1 Å². The molecule has 2 amide bonds. The Morgan fingerprint density at radius 1 is 1.43 bits per heavy atom. The lowest BCUT2D eigenvalue weighted by molar-refractivity contribution is 0.129. The summed E-state index contributed by atoms with van der Waals surface area (Å²) < 4.78 is 1.86. The summed E-state index contributed by atoms with van der Waals surface area (Å²) in [5, 5.41) is 19.5. The van der Waals surface area contributed by atoms with Crippen LogP contribution in [0.15, 0.2) is 0 Å². The molecule has 0 radical (unpaired) electrons. The molecule has 0 fully saturated rings. The third-order valence-electron chi connectivity index (χ3n) is 3.50. The summed E-state index contributed by atoms with van der Waals surface area (Å²) in [6.45, 7) is 12.9. The normalized spacial score (nSPS) is 13.1. The van der Waals surface area contributed by atoms with E-state index in [1.807, 2.05) is 39.3 Å². The molecule has 1 unspecified atom stereocenters. The summed E-state index contributed by atoms with van der Waals surface area (Å²) >= 11 is 0. The van der Waals surface area contributed by atoms with Crippen LogP contribution in [-0.2, 0) is 6.54 Å². The maximum Gasteiger partial charge on any atom is 0.319 e. The average molecular weight is 296 g/mol. The molecule has 1 atom stereocenters. The van der Waals surface area contributed by atoms with E-state index in [1.54, 1.807) is 6.92 Å². The number of aliphatic hydroxyl groups excluding tert-OH is 1. The smallest absolute Gasteiger partial charge is 0.319 e. The van der Waals surface area contributed by atoms with Crippen molar-refractivity contribution in [2.75, 3.05) is 11.9 Å². The standard InChI is InChI=1S/C15H28N4O2/c1-7-19-12(4)13(11(3)18-19)17-14(21)16-9-15(5,6)8-10(2)20/h10,20H,7-9H2,1-6H3,(H2,16,17,21). The Labute approximate surface area is 126 Å². The molecule has 0 aliphatic rings. The summed E-state index contributed by atoms with van der Waals surface area (Å²) in [4.78, 5) is 12.0. The van der Waals surface area contributed by atoms with Crippen LogP contribution in [0.25, 0.3) is 0 Å². The molecule has 0 aliphatic heterocycles. The number of anilines is 1. The number of carbonyl (C=O) groups excluding carboxylic acids is 1. The van der Waals surface area contributed by atoms with Crippen molar-refractivity contribution >= 4 is 11.7 Å². The molecule has 0 spiro atoms. The first kappa shape index (κ1) is 17.5. The second-order valence-electron chi connectivity index (χ2n) is 6.39. The van der Waals surface area contributed by atoms with Crippen LogP contribution in [0.5, 0.6) is 0 Å². The van der Waals surface area contributed by atoms with Crippen LogP contribution in [0.1, 0.15) is 45.5 Å². The van der Waals surface area contributed by atoms with Crippen molar-refractivity contribution in [2.24, 2.45) is 5.41 Å². The topological polar surface area (TPSA) is 79.2 Å². The fourth-order valence-electron chi connectivity index (χ4n) is 2.53. The molecule has 1 aromatic heterocycles. The lowest BCUT2D eigenvalue weighted by Gasteiger charge is -2.26. The molecule has 0 saturated carbocycles. The number of urea groups is 1. The van der Waals surface area contributed by atoms with E-state index >= 15 is 0 Å². The van der Waals surface area contributed by atoms with Crippen LogP contribution in [0.4, 0.5) is 10.5 Å². The summed E-state index contributed by atoms with van der Waals surface area (Å²) in [6.07, 6.45) is 0.260. The zero-order valence-electron chi connectivity index (χ0n) is 13.9. The van der Waals surface area contributed by atoms with E-state index in [0.29, 0.717) is 13.0 Å². The van der Waals surface area contributed by atoms with E-state index in [1.165, 1.54) is 0 Å². The minimum Gasteiger partial charge on any atom is -0.393 e. The quantitative estimate of drug-likeness (QED) is 0.754. The van der Waals surface area contributed by atoms with Gasteiger partial charge in [-0.2, -0.15) is 5.10 Å². The fraction of sp³-hybridized carbons (Fsp3) is 0.733. The summed E-state index contributed by atoms with van der Waals surface area (Å²) in [7, 11) is 0. The highest BCUT2D eigenvalue weighted by molar-refractivity contribution is 5.90. The maximum absolute atomic E-state index is 12.0. The zero-order valence-corrected chi connectivity index (χ0v) is 13.9. The third kappa shape index (κ3) is 5.04. The predicted octanol–water partition coefficient (Wildman–Crippen LogP) is 2.44. The number of hydrogen-bond donors (Lipinski definition) is 3. The minimum atomic E-state index is -0.378. The largest absolute Gasteiger partial charge is 0.393 e. The van der Waals surface area contributed by atoms with Gasteiger partial charge in [0.15, 0.2) is 0 Å². The molecule has 0 aliphatic carbocycles. The zero-order chi connectivity index (χ0) is 16.2. The van der Waals surface area contributed by atoms with Gasteiger partial charge in [0.25, 0.3) is 0 Å². The van der Waals surface area contributed by atoms with Gasteiger partial charge in [-0.05, 0) is 39.5 Å². The monoisotopic (exact) mass is 296 g/mol. The third-order valence-corrected chi connectivity index (χ3v) is 3.50. The number of aliphatic hydroxyl groups is 1. The van der Waals surface area contributed by atoms with Gasteiger partial charge >= 0.3 is 6.03 Å². The number of nitrogens with one attached hydrogen (secondary N) is 2. The summed E-state index contributed by atoms with van der Waals surface area (Å²) in [5.74, 6) is 0. The molecular formula is C15H28N4O2. The van der Waals surface area contributed by atoms with Crippen LogP contribution in [0.3, 0.4) is 0 Å². The van der Waals surface area contributed by atoms with Crippen LogP contribution in [0.2, 0.25) is 0 Å². The van der Waals surface area contributed by atoms with E-state index < -0.39 is 0 Å². The molecule has 1 rings (SSSR count). The minimum absolute atomic E-state index is 0.150. The van der Waals surface area contributed by atoms with Crippen molar-refractivity contribution in [2.45, 2.75) is 60.6 Å². The number of rotatable bonds is 6. The molecule has 1 aromatic rings. The first-order valence-corrected chi connectivity index (χ1v) is 7.43.